The average Bonchev–Trinajstić information content (AvgIpc) is 3.55. The van der Waals surface area contributed by atoms with Gasteiger partial charge in [0.1, 0.15) is 23.3 Å². The molecule has 1 fully saturated rings. The molecule has 5 rings (SSSR count). The molecule has 0 saturated carbocycles. The third-order valence-corrected chi connectivity index (χ3v) is 5.92. The molecule has 1 amide bonds. The van der Waals surface area contributed by atoms with Gasteiger partial charge < -0.3 is 13.8 Å². The second-order valence-electron chi connectivity index (χ2n) is 8.36. The molecule has 0 radical (unpaired) electrons. The fraction of sp³-hybridized carbons (Fsp3) is 0.333. The van der Waals surface area contributed by atoms with Crippen molar-refractivity contribution in [1.82, 2.24) is 24.8 Å². The Kier molecular flexibility index (Phi) is 5.53. The second kappa shape index (κ2) is 8.65. The quantitative estimate of drug-likeness (QED) is 0.447. The third kappa shape index (κ3) is 4.30. The Morgan fingerprint density at radius 2 is 2.06 bits per heavy atom. The van der Waals surface area contributed by atoms with E-state index >= 15 is 0 Å². The van der Waals surface area contributed by atoms with Crippen molar-refractivity contribution in [3.63, 3.8) is 0 Å². The molecule has 170 valence electrons. The number of likely N-dealkylation sites (tertiary alicyclic amines) is 1. The van der Waals surface area contributed by atoms with Gasteiger partial charge in [-0.2, -0.15) is 5.10 Å². The van der Waals surface area contributed by atoms with Crippen LogP contribution in [0.25, 0.3) is 11.3 Å². The van der Waals surface area contributed by atoms with Crippen LogP contribution in [0.4, 0.5) is 4.39 Å². The summed E-state index contributed by atoms with van der Waals surface area (Å²) in [5.74, 6) is 0.839. The molecule has 1 aromatic carbocycles. The smallest absolute Gasteiger partial charge is 0.293 e. The van der Waals surface area contributed by atoms with Gasteiger partial charge in [-0.05, 0) is 43.9 Å². The van der Waals surface area contributed by atoms with E-state index in [2.05, 4.69) is 15.2 Å². The summed E-state index contributed by atoms with van der Waals surface area (Å²) in [6.45, 7) is 2.47. The predicted octanol–water partition coefficient (Wildman–Crippen LogP) is 4.47. The van der Waals surface area contributed by atoms with Crippen LogP contribution >= 0.6 is 0 Å². The van der Waals surface area contributed by atoms with E-state index in [4.69, 9.17) is 8.94 Å². The van der Waals surface area contributed by atoms with E-state index < -0.39 is 0 Å². The standard InChI is InChI=1S/C24H24FN5O3/c1-15-19(14-29(2)27-15)20-12-22(33-28-20)24(31)30-10-4-3-5-21(30)23-26-13-18(32-23)11-16-6-8-17(25)9-7-16/h6-9,12-14,21H,3-5,10-11H2,1-2H3. The normalized spacial score (nSPS) is 16.3. The summed E-state index contributed by atoms with van der Waals surface area (Å²) >= 11 is 0. The fourth-order valence-corrected chi connectivity index (χ4v) is 4.29. The monoisotopic (exact) mass is 449 g/mol. The topological polar surface area (TPSA) is 90.2 Å². The molecule has 4 heterocycles. The highest BCUT2D eigenvalue weighted by Crippen LogP contribution is 2.33. The van der Waals surface area contributed by atoms with E-state index in [0.717, 1.165) is 36.1 Å². The lowest BCUT2D eigenvalue weighted by molar-refractivity contribution is 0.0528. The van der Waals surface area contributed by atoms with E-state index in [1.165, 1.54) is 12.1 Å². The Morgan fingerprint density at radius 1 is 1.24 bits per heavy atom. The number of carbonyl (C=O) groups is 1. The summed E-state index contributed by atoms with van der Waals surface area (Å²) in [5.41, 5.74) is 3.15. The summed E-state index contributed by atoms with van der Waals surface area (Å²) in [6.07, 6.45) is 6.65. The van der Waals surface area contributed by atoms with Gasteiger partial charge in [0.2, 0.25) is 11.7 Å². The summed E-state index contributed by atoms with van der Waals surface area (Å²) in [5, 5.41) is 8.41. The molecule has 8 nitrogen and oxygen atoms in total. The molecule has 0 aliphatic carbocycles. The highest BCUT2D eigenvalue weighted by molar-refractivity contribution is 5.92. The maximum Gasteiger partial charge on any atom is 0.293 e. The molecule has 33 heavy (non-hydrogen) atoms. The van der Waals surface area contributed by atoms with Gasteiger partial charge in [0.15, 0.2) is 0 Å². The molecule has 1 saturated heterocycles. The number of aromatic nitrogens is 4. The first-order chi connectivity index (χ1) is 16.0. The van der Waals surface area contributed by atoms with Crippen LogP contribution in [-0.4, -0.2) is 37.3 Å². The number of benzene rings is 1. The first-order valence-electron chi connectivity index (χ1n) is 11.0. The Balaban J connectivity index is 1.35. The van der Waals surface area contributed by atoms with Crippen LogP contribution in [0.1, 0.15) is 58.8 Å². The molecule has 0 bridgehead atoms. The van der Waals surface area contributed by atoms with Crippen LogP contribution in [0.5, 0.6) is 0 Å². The van der Waals surface area contributed by atoms with E-state index in [1.807, 2.05) is 20.2 Å². The largest absolute Gasteiger partial charge is 0.443 e. The van der Waals surface area contributed by atoms with Crippen molar-refractivity contribution in [1.29, 1.82) is 0 Å². The lowest BCUT2D eigenvalue weighted by atomic mass is 10.0. The SMILES string of the molecule is Cc1nn(C)cc1-c1cc(C(=O)N2CCCCC2c2ncc(Cc3ccc(F)cc3)o2)on1. The number of aryl methyl sites for hydroxylation is 2. The Morgan fingerprint density at radius 3 is 2.82 bits per heavy atom. The Bertz CT molecular complexity index is 1270. The van der Waals surface area contributed by atoms with Gasteiger partial charge in [-0.1, -0.05) is 17.3 Å². The minimum absolute atomic E-state index is 0.179. The van der Waals surface area contributed by atoms with E-state index in [1.54, 1.807) is 34.0 Å². The maximum atomic E-state index is 13.3. The molecule has 4 aromatic rings. The van der Waals surface area contributed by atoms with E-state index in [9.17, 15) is 9.18 Å². The highest BCUT2D eigenvalue weighted by atomic mass is 19.1. The van der Waals surface area contributed by atoms with Gasteiger partial charge >= 0.3 is 0 Å². The first-order valence-corrected chi connectivity index (χ1v) is 11.0. The Labute approximate surface area is 190 Å². The lowest BCUT2D eigenvalue weighted by Crippen LogP contribution is -2.38. The zero-order valence-electron chi connectivity index (χ0n) is 18.5. The molecule has 9 heteroatoms. The zero-order valence-corrected chi connectivity index (χ0v) is 18.5. The maximum absolute atomic E-state index is 13.3. The van der Waals surface area contributed by atoms with Crippen molar-refractivity contribution in [3.8, 4) is 11.3 Å². The number of rotatable bonds is 5. The van der Waals surface area contributed by atoms with Crippen LogP contribution in [0.3, 0.4) is 0 Å². The number of carbonyl (C=O) groups excluding carboxylic acids is 1. The van der Waals surface area contributed by atoms with Gasteiger partial charge in [-0.25, -0.2) is 9.37 Å². The highest BCUT2D eigenvalue weighted by Gasteiger charge is 2.34. The number of oxazole rings is 1. The second-order valence-corrected chi connectivity index (χ2v) is 8.36. The van der Waals surface area contributed by atoms with Crippen LogP contribution in [-0.2, 0) is 13.5 Å². The summed E-state index contributed by atoms with van der Waals surface area (Å²) in [4.78, 5) is 19.5. The molecule has 0 spiro atoms. The van der Waals surface area contributed by atoms with Crippen LogP contribution in [0.15, 0.2) is 51.7 Å². The van der Waals surface area contributed by atoms with Gasteiger partial charge in [0.05, 0.1) is 11.9 Å². The van der Waals surface area contributed by atoms with Gasteiger partial charge in [0, 0.05) is 37.8 Å². The molecule has 1 unspecified atom stereocenters. The number of hydrogen-bond acceptors (Lipinski definition) is 6. The minimum atomic E-state index is -0.276. The van der Waals surface area contributed by atoms with Crippen LogP contribution < -0.4 is 0 Å². The summed E-state index contributed by atoms with van der Waals surface area (Å²) in [7, 11) is 1.83. The Hall–Kier alpha value is -3.75. The number of hydrogen-bond donors (Lipinski definition) is 0. The number of nitrogens with zero attached hydrogens (tertiary/aromatic N) is 5. The lowest BCUT2D eigenvalue weighted by Gasteiger charge is -2.32. The third-order valence-electron chi connectivity index (χ3n) is 5.92. The van der Waals surface area contributed by atoms with Crippen molar-refractivity contribution in [2.75, 3.05) is 6.54 Å². The fourth-order valence-electron chi connectivity index (χ4n) is 4.29. The van der Waals surface area contributed by atoms with Crippen molar-refractivity contribution < 1.29 is 18.1 Å². The van der Waals surface area contributed by atoms with Crippen molar-refractivity contribution in [2.24, 2.45) is 7.05 Å². The molecule has 1 aliphatic heterocycles. The number of piperidine rings is 1. The van der Waals surface area contributed by atoms with Gasteiger partial charge in [-0.3, -0.25) is 9.48 Å². The van der Waals surface area contributed by atoms with Crippen LogP contribution in [0.2, 0.25) is 0 Å². The predicted molar refractivity (Wildman–Crippen MR) is 117 cm³/mol. The molecular weight excluding hydrogens is 425 g/mol. The molecule has 3 aromatic heterocycles. The number of halogens is 1. The first kappa shape index (κ1) is 21.1. The van der Waals surface area contributed by atoms with E-state index in [-0.39, 0.29) is 23.5 Å². The molecule has 1 atom stereocenters. The minimum Gasteiger partial charge on any atom is -0.443 e. The number of amides is 1. The van der Waals surface area contributed by atoms with Crippen molar-refractivity contribution in [3.05, 3.63) is 77.2 Å². The zero-order chi connectivity index (χ0) is 22.9. The average molecular weight is 449 g/mol. The molecule has 0 N–H and O–H groups in total. The van der Waals surface area contributed by atoms with Gasteiger partial charge in [0.25, 0.3) is 5.91 Å². The van der Waals surface area contributed by atoms with E-state index in [0.29, 0.717) is 30.3 Å². The van der Waals surface area contributed by atoms with Gasteiger partial charge in [-0.15, -0.1) is 0 Å². The van der Waals surface area contributed by atoms with Crippen molar-refractivity contribution >= 4 is 5.91 Å². The summed E-state index contributed by atoms with van der Waals surface area (Å²) < 4.78 is 26.3. The molecule has 1 aliphatic rings. The molecular formula is C24H24FN5O3. The van der Waals surface area contributed by atoms with Crippen molar-refractivity contribution in [2.45, 2.75) is 38.6 Å². The summed E-state index contributed by atoms with van der Waals surface area (Å²) in [6, 6.07) is 7.67. The van der Waals surface area contributed by atoms with Crippen LogP contribution in [0, 0.1) is 12.7 Å².